The van der Waals surface area contributed by atoms with Crippen molar-refractivity contribution in [2.24, 2.45) is 0 Å². The lowest BCUT2D eigenvalue weighted by molar-refractivity contribution is -0.118. The van der Waals surface area contributed by atoms with E-state index in [2.05, 4.69) is 10.6 Å². The molecule has 1 amide bonds. The number of aromatic carboxylic acids is 1. The first kappa shape index (κ1) is 14.1. The molecule has 18 heavy (non-hydrogen) atoms. The van der Waals surface area contributed by atoms with E-state index in [9.17, 15) is 14.0 Å². The minimum Gasteiger partial charge on any atom is -0.478 e. The molecule has 0 saturated heterocycles. The molecule has 1 rings (SSSR count). The van der Waals surface area contributed by atoms with Gasteiger partial charge in [0.2, 0.25) is 5.91 Å². The molecule has 0 saturated carbocycles. The summed E-state index contributed by atoms with van der Waals surface area (Å²) in [6, 6.07) is 3.65. The summed E-state index contributed by atoms with van der Waals surface area (Å²) in [5, 5.41) is 14.3. The van der Waals surface area contributed by atoms with Crippen LogP contribution in [0.5, 0.6) is 0 Å². The third-order valence-corrected chi connectivity index (χ3v) is 2.28. The van der Waals surface area contributed by atoms with Crippen LogP contribution in [0.4, 0.5) is 4.39 Å². The number of hydrogen-bond donors (Lipinski definition) is 3. The SMILES string of the molecule is CC(=O)NCCNCc1cc(C(=O)O)ccc1F. The van der Waals surface area contributed by atoms with Gasteiger partial charge in [0.1, 0.15) is 5.82 Å². The van der Waals surface area contributed by atoms with Gasteiger partial charge in [-0.2, -0.15) is 0 Å². The summed E-state index contributed by atoms with van der Waals surface area (Å²) >= 11 is 0. The highest BCUT2D eigenvalue weighted by atomic mass is 19.1. The number of amides is 1. The van der Waals surface area contributed by atoms with Crippen molar-refractivity contribution >= 4 is 11.9 Å². The first-order valence-corrected chi connectivity index (χ1v) is 5.47. The van der Waals surface area contributed by atoms with E-state index in [0.29, 0.717) is 13.1 Å². The Bertz CT molecular complexity index is 449. The van der Waals surface area contributed by atoms with Crippen LogP contribution in [-0.4, -0.2) is 30.1 Å². The lowest BCUT2D eigenvalue weighted by Gasteiger charge is -2.07. The number of carbonyl (C=O) groups excluding carboxylic acids is 1. The van der Waals surface area contributed by atoms with Crippen LogP contribution in [0.3, 0.4) is 0 Å². The molecule has 3 N–H and O–H groups in total. The summed E-state index contributed by atoms with van der Waals surface area (Å²) in [6.07, 6.45) is 0. The zero-order valence-corrected chi connectivity index (χ0v) is 10.00. The first-order valence-electron chi connectivity index (χ1n) is 5.47. The van der Waals surface area contributed by atoms with Gasteiger partial charge in [-0.1, -0.05) is 0 Å². The molecule has 0 bridgehead atoms. The number of rotatable bonds is 6. The quantitative estimate of drug-likeness (QED) is 0.655. The topological polar surface area (TPSA) is 78.4 Å². The number of carbonyl (C=O) groups is 2. The number of benzene rings is 1. The predicted molar refractivity (Wildman–Crippen MR) is 63.7 cm³/mol. The Labute approximate surface area is 104 Å². The second kappa shape index (κ2) is 6.70. The van der Waals surface area contributed by atoms with Gasteiger partial charge in [-0.25, -0.2) is 9.18 Å². The lowest BCUT2D eigenvalue weighted by Crippen LogP contribution is -2.30. The number of nitrogens with one attached hydrogen (secondary N) is 2. The molecule has 0 aromatic heterocycles. The molecule has 0 spiro atoms. The number of halogens is 1. The van der Waals surface area contributed by atoms with E-state index in [0.717, 1.165) is 6.07 Å². The highest BCUT2D eigenvalue weighted by molar-refractivity contribution is 5.87. The fourth-order valence-corrected chi connectivity index (χ4v) is 1.39. The minimum absolute atomic E-state index is 0.0510. The molecule has 0 fully saturated rings. The maximum Gasteiger partial charge on any atom is 0.335 e. The maximum atomic E-state index is 13.4. The van der Waals surface area contributed by atoms with Gasteiger partial charge in [-0.05, 0) is 18.2 Å². The Kier molecular flexibility index (Phi) is 5.26. The van der Waals surface area contributed by atoms with E-state index in [1.165, 1.54) is 19.1 Å². The average Bonchev–Trinajstić information content (AvgIpc) is 2.30. The van der Waals surface area contributed by atoms with Crippen LogP contribution in [0.25, 0.3) is 0 Å². The molecule has 0 unspecified atom stereocenters. The van der Waals surface area contributed by atoms with Crippen molar-refractivity contribution in [3.05, 3.63) is 35.1 Å². The fourth-order valence-electron chi connectivity index (χ4n) is 1.39. The van der Waals surface area contributed by atoms with Crippen molar-refractivity contribution < 1.29 is 19.1 Å². The zero-order valence-electron chi connectivity index (χ0n) is 10.00. The van der Waals surface area contributed by atoms with Gasteiger partial charge in [-0.3, -0.25) is 4.79 Å². The van der Waals surface area contributed by atoms with Gasteiger partial charge >= 0.3 is 5.97 Å². The summed E-state index contributed by atoms with van der Waals surface area (Å²) in [5.74, 6) is -1.67. The molecule has 1 aromatic rings. The summed E-state index contributed by atoms with van der Waals surface area (Å²) in [5.41, 5.74) is 0.341. The highest BCUT2D eigenvalue weighted by Crippen LogP contribution is 2.10. The average molecular weight is 254 g/mol. The molecular formula is C12H15FN2O3. The maximum absolute atomic E-state index is 13.4. The molecule has 1 aromatic carbocycles. The van der Waals surface area contributed by atoms with Gasteiger partial charge in [0.05, 0.1) is 5.56 Å². The van der Waals surface area contributed by atoms with E-state index < -0.39 is 11.8 Å². The Hall–Kier alpha value is -1.95. The van der Waals surface area contributed by atoms with E-state index in [1.807, 2.05) is 0 Å². The highest BCUT2D eigenvalue weighted by Gasteiger charge is 2.07. The Morgan fingerprint density at radius 3 is 2.67 bits per heavy atom. The van der Waals surface area contributed by atoms with Gasteiger partial charge in [0.15, 0.2) is 0 Å². The molecule has 0 atom stereocenters. The van der Waals surface area contributed by atoms with E-state index >= 15 is 0 Å². The Morgan fingerprint density at radius 1 is 1.33 bits per heavy atom. The summed E-state index contributed by atoms with van der Waals surface area (Å²) in [6.45, 7) is 2.55. The van der Waals surface area contributed by atoms with E-state index in [1.54, 1.807) is 0 Å². The Balaban J connectivity index is 2.48. The van der Waals surface area contributed by atoms with Crippen molar-refractivity contribution in [2.45, 2.75) is 13.5 Å². The summed E-state index contributed by atoms with van der Waals surface area (Å²) < 4.78 is 13.4. The summed E-state index contributed by atoms with van der Waals surface area (Å²) in [4.78, 5) is 21.3. The molecule has 6 heteroatoms. The molecule has 0 aliphatic rings. The Morgan fingerprint density at radius 2 is 2.06 bits per heavy atom. The van der Waals surface area contributed by atoms with Crippen molar-refractivity contribution in [1.82, 2.24) is 10.6 Å². The zero-order chi connectivity index (χ0) is 13.5. The standard InChI is InChI=1S/C12H15FN2O3/c1-8(16)15-5-4-14-7-10-6-9(12(17)18)2-3-11(10)13/h2-3,6,14H,4-5,7H2,1H3,(H,15,16)(H,17,18). The van der Waals surface area contributed by atoms with Crippen molar-refractivity contribution in [3.63, 3.8) is 0 Å². The van der Waals surface area contributed by atoms with E-state index in [-0.39, 0.29) is 23.6 Å². The molecule has 5 nitrogen and oxygen atoms in total. The van der Waals surface area contributed by atoms with Gasteiger partial charge < -0.3 is 15.7 Å². The van der Waals surface area contributed by atoms with Gasteiger partial charge in [-0.15, -0.1) is 0 Å². The third-order valence-electron chi connectivity index (χ3n) is 2.28. The van der Waals surface area contributed by atoms with Crippen molar-refractivity contribution in [2.75, 3.05) is 13.1 Å². The molecule has 0 aliphatic carbocycles. The minimum atomic E-state index is -1.09. The molecule has 0 radical (unpaired) electrons. The molecular weight excluding hydrogens is 239 g/mol. The normalized spacial score (nSPS) is 10.1. The van der Waals surface area contributed by atoms with Crippen LogP contribution in [0.1, 0.15) is 22.8 Å². The van der Waals surface area contributed by atoms with Crippen molar-refractivity contribution in [3.8, 4) is 0 Å². The largest absolute Gasteiger partial charge is 0.478 e. The fraction of sp³-hybridized carbons (Fsp3) is 0.333. The number of carboxylic acids is 1. The van der Waals surface area contributed by atoms with Crippen LogP contribution >= 0.6 is 0 Å². The summed E-state index contributed by atoms with van der Waals surface area (Å²) in [7, 11) is 0. The number of carboxylic acid groups (broad SMARTS) is 1. The van der Waals surface area contributed by atoms with Crippen molar-refractivity contribution in [1.29, 1.82) is 0 Å². The van der Waals surface area contributed by atoms with Crippen LogP contribution in [0, 0.1) is 5.82 Å². The first-order chi connectivity index (χ1) is 8.50. The smallest absolute Gasteiger partial charge is 0.335 e. The molecule has 98 valence electrons. The predicted octanol–water partition coefficient (Wildman–Crippen LogP) is 0.750. The monoisotopic (exact) mass is 254 g/mol. The third kappa shape index (κ3) is 4.50. The second-order valence-corrected chi connectivity index (χ2v) is 3.77. The molecule has 0 heterocycles. The van der Waals surface area contributed by atoms with Gasteiger partial charge in [0.25, 0.3) is 0 Å². The molecule has 0 aliphatic heterocycles. The van der Waals surface area contributed by atoms with Crippen LogP contribution in [0.2, 0.25) is 0 Å². The van der Waals surface area contributed by atoms with Crippen LogP contribution < -0.4 is 10.6 Å². The second-order valence-electron chi connectivity index (χ2n) is 3.77. The van der Waals surface area contributed by atoms with Crippen LogP contribution in [-0.2, 0) is 11.3 Å². The lowest BCUT2D eigenvalue weighted by atomic mass is 10.1. The van der Waals surface area contributed by atoms with E-state index in [4.69, 9.17) is 5.11 Å². The van der Waals surface area contributed by atoms with Gasteiger partial charge in [0, 0.05) is 32.1 Å². The number of hydrogen-bond acceptors (Lipinski definition) is 3. The van der Waals surface area contributed by atoms with Crippen LogP contribution in [0.15, 0.2) is 18.2 Å².